The topological polar surface area (TPSA) is 29.3 Å². The van der Waals surface area contributed by atoms with E-state index in [1.807, 2.05) is 0 Å². The lowest BCUT2D eigenvalue weighted by molar-refractivity contribution is 0.154. The van der Waals surface area contributed by atoms with Gasteiger partial charge in [-0.2, -0.15) is 0 Å². The van der Waals surface area contributed by atoms with Crippen molar-refractivity contribution in [2.75, 3.05) is 13.1 Å². The number of rotatable bonds is 4. The predicted molar refractivity (Wildman–Crippen MR) is 69.4 cm³/mol. The minimum Gasteiger partial charge on any atom is -0.324 e. The molecule has 2 atom stereocenters. The third kappa shape index (κ3) is 2.78. The summed E-state index contributed by atoms with van der Waals surface area (Å²) in [5, 5.41) is 0. The highest BCUT2D eigenvalue weighted by Gasteiger charge is 2.35. The van der Waals surface area contributed by atoms with Gasteiger partial charge in [0.15, 0.2) is 0 Å². The summed E-state index contributed by atoms with van der Waals surface area (Å²) in [5.74, 6) is 0.982. The summed E-state index contributed by atoms with van der Waals surface area (Å²) in [7, 11) is 0. The molecule has 2 N–H and O–H groups in total. The molecule has 0 aromatic carbocycles. The van der Waals surface area contributed by atoms with E-state index in [0.717, 1.165) is 24.9 Å². The smallest absolute Gasteiger partial charge is 0.0252 e. The molecule has 1 aliphatic carbocycles. The molecule has 0 aromatic rings. The summed E-state index contributed by atoms with van der Waals surface area (Å²) in [6.07, 6.45) is 9.75. The van der Waals surface area contributed by atoms with Crippen molar-refractivity contribution in [1.29, 1.82) is 0 Å². The Morgan fingerprint density at radius 2 is 1.88 bits per heavy atom. The minimum absolute atomic E-state index is 0.0151. The average molecular weight is 224 g/mol. The van der Waals surface area contributed by atoms with Crippen LogP contribution in [0.2, 0.25) is 0 Å². The summed E-state index contributed by atoms with van der Waals surface area (Å²) >= 11 is 0. The van der Waals surface area contributed by atoms with Crippen LogP contribution in [0, 0.1) is 5.92 Å². The van der Waals surface area contributed by atoms with E-state index in [1.165, 1.54) is 45.1 Å². The molecule has 1 saturated carbocycles. The van der Waals surface area contributed by atoms with Crippen molar-refractivity contribution in [2.24, 2.45) is 11.7 Å². The molecule has 16 heavy (non-hydrogen) atoms. The fraction of sp³-hybridized carbons (Fsp3) is 1.00. The van der Waals surface area contributed by atoms with E-state index in [-0.39, 0.29) is 5.54 Å². The molecule has 94 valence electrons. The van der Waals surface area contributed by atoms with Gasteiger partial charge in [0, 0.05) is 18.1 Å². The minimum atomic E-state index is 0.0151. The second kappa shape index (κ2) is 5.05. The van der Waals surface area contributed by atoms with Crippen LogP contribution in [0.5, 0.6) is 0 Å². The zero-order chi connectivity index (χ0) is 11.6. The summed E-state index contributed by atoms with van der Waals surface area (Å²) < 4.78 is 0. The Kier molecular flexibility index (Phi) is 3.91. The molecule has 2 unspecified atom stereocenters. The Morgan fingerprint density at radius 3 is 2.50 bits per heavy atom. The maximum Gasteiger partial charge on any atom is 0.0252 e. The van der Waals surface area contributed by atoms with Gasteiger partial charge in [0.2, 0.25) is 0 Å². The third-order valence-electron chi connectivity index (χ3n) is 4.73. The van der Waals surface area contributed by atoms with E-state index in [4.69, 9.17) is 5.73 Å². The van der Waals surface area contributed by atoms with Crippen LogP contribution < -0.4 is 5.73 Å². The molecular formula is C14H28N2. The predicted octanol–water partition coefficient (Wildman–Crippen LogP) is 2.77. The van der Waals surface area contributed by atoms with Crippen molar-refractivity contribution in [3.8, 4) is 0 Å². The number of nitrogens with zero attached hydrogens (tertiary/aromatic N) is 1. The van der Waals surface area contributed by atoms with E-state index in [1.54, 1.807) is 0 Å². The zero-order valence-corrected chi connectivity index (χ0v) is 11.0. The van der Waals surface area contributed by atoms with Crippen LogP contribution in [0.25, 0.3) is 0 Å². The molecule has 0 spiro atoms. The van der Waals surface area contributed by atoms with Gasteiger partial charge in [0.25, 0.3) is 0 Å². The Balaban J connectivity index is 1.92. The number of nitrogens with two attached hydrogens (primary N) is 1. The molecule has 1 aliphatic heterocycles. The fourth-order valence-corrected chi connectivity index (χ4v) is 3.50. The summed E-state index contributed by atoms with van der Waals surface area (Å²) in [4.78, 5) is 2.69. The maximum absolute atomic E-state index is 6.32. The highest BCUT2D eigenvalue weighted by Crippen LogP contribution is 2.35. The van der Waals surface area contributed by atoms with Gasteiger partial charge in [-0.05, 0) is 51.5 Å². The molecule has 0 aromatic heterocycles. The molecule has 2 rings (SSSR count). The SMILES string of the molecule is CCC(C)(N)CN1CCCC1C1CCCC1. The van der Waals surface area contributed by atoms with E-state index in [0.29, 0.717) is 0 Å². The van der Waals surface area contributed by atoms with Crippen LogP contribution >= 0.6 is 0 Å². The fourth-order valence-electron chi connectivity index (χ4n) is 3.50. The lowest BCUT2D eigenvalue weighted by atomic mass is 9.93. The van der Waals surface area contributed by atoms with Gasteiger partial charge >= 0.3 is 0 Å². The molecule has 0 bridgehead atoms. The highest BCUT2D eigenvalue weighted by molar-refractivity contribution is 4.91. The van der Waals surface area contributed by atoms with Crippen molar-refractivity contribution >= 4 is 0 Å². The van der Waals surface area contributed by atoms with Crippen LogP contribution in [0.15, 0.2) is 0 Å². The summed E-state index contributed by atoms with van der Waals surface area (Å²) in [6.45, 7) is 6.80. The van der Waals surface area contributed by atoms with Crippen molar-refractivity contribution in [2.45, 2.75) is 70.4 Å². The van der Waals surface area contributed by atoms with Crippen LogP contribution in [-0.4, -0.2) is 29.6 Å². The van der Waals surface area contributed by atoms with Gasteiger partial charge in [-0.1, -0.05) is 19.8 Å². The standard InChI is InChI=1S/C14H28N2/c1-3-14(2,15)11-16-10-6-9-13(16)12-7-4-5-8-12/h12-13H,3-11,15H2,1-2H3. The second-order valence-electron chi connectivity index (χ2n) is 6.23. The largest absolute Gasteiger partial charge is 0.324 e. The van der Waals surface area contributed by atoms with Gasteiger partial charge in [-0.15, -0.1) is 0 Å². The van der Waals surface area contributed by atoms with Crippen molar-refractivity contribution in [3.05, 3.63) is 0 Å². The first-order chi connectivity index (χ1) is 7.62. The Morgan fingerprint density at radius 1 is 1.19 bits per heavy atom. The van der Waals surface area contributed by atoms with Crippen LogP contribution in [-0.2, 0) is 0 Å². The van der Waals surface area contributed by atoms with E-state index >= 15 is 0 Å². The van der Waals surface area contributed by atoms with Gasteiger partial charge in [-0.3, -0.25) is 4.90 Å². The lowest BCUT2D eigenvalue weighted by Gasteiger charge is -2.35. The van der Waals surface area contributed by atoms with Crippen molar-refractivity contribution < 1.29 is 0 Å². The van der Waals surface area contributed by atoms with Crippen LogP contribution in [0.4, 0.5) is 0 Å². The third-order valence-corrected chi connectivity index (χ3v) is 4.73. The first kappa shape index (κ1) is 12.4. The van der Waals surface area contributed by atoms with Crippen LogP contribution in [0.1, 0.15) is 58.8 Å². The van der Waals surface area contributed by atoms with Crippen LogP contribution in [0.3, 0.4) is 0 Å². The maximum atomic E-state index is 6.32. The average Bonchev–Trinajstić information content (AvgIpc) is 2.86. The first-order valence-corrected chi connectivity index (χ1v) is 7.15. The van der Waals surface area contributed by atoms with E-state index in [9.17, 15) is 0 Å². The normalized spacial score (nSPS) is 32.1. The monoisotopic (exact) mass is 224 g/mol. The molecule has 2 aliphatic rings. The molecule has 0 amide bonds. The van der Waals surface area contributed by atoms with Gasteiger partial charge in [0.1, 0.15) is 0 Å². The summed E-state index contributed by atoms with van der Waals surface area (Å²) in [6, 6.07) is 0.858. The number of hydrogen-bond acceptors (Lipinski definition) is 2. The lowest BCUT2D eigenvalue weighted by Crippen LogP contribution is -2.50. The molecule has 1 heterocycles. The molecule has 1 saturated heterocycles. The first-order valence-electron chi connectivity index (χ1n) is 7.15. The van der Waals surface area contributed by atoms with Crippen molar-refractivity contribution in [3.63, 3.8) is 0 Å². The van der Waals surface area contributed by atoms with Gasteiger partial charge in [0.05, 0.1) is 0 Å². The highest BCUT2D eigenvalue weighted by atomic mass is 15.2. The Hall–Kier alpha value is -0.0800. The van der Waals surface area contributed by atoms with Gasteiger partial charge < -0.3 is 5.73 Å². The Bertz CT molecular complexity index is 219. The molecular weight excluding hydrogens is 196 g/mol. The molecule has 2 fully saturated rings. The Labute approximate surface area is 101 Å². The van der Waals surface area contributed by atoms with E-state index in [2.05, 4.69) is 18.7 Å². The van der Waals surface area contributed by atoms with Gasteiger partial charge in [-0.25, -0.2) is 0 Å². The molecule has 2 heteroatoms. The van der Waals surface area contributed by atoms with E-state index < -0.39 is 0 Å². The molecule has 0 radical (unpaired) electrons. The zero-order valence-electron chi connectivity index (χ0n) is 11.0. The van der Waals surface area contributed by atoms with Crippen molar-refractivity contribution in [1.82, 2.24) is 4.90 Å². The summed E-state index contributed by atoms with van der Waals surface area (Å²) in [5.41, 5.74) is 6.33. The number of hydrogen-bond donors (Lipinski definition) is 1. The second-order valence-corrected chi connectivity index (χ2v) is 6.23. The quantitative estimate of drug-likeness (QED) is 0.795. The molecule has 2 nitrogen and oxygen atoms in total. The number of likely N-dealkylation sites (tertiary alicyclic amines) is 1.